The molecule has 1 nitrogen and oxygen atoms in total. The highest BCUT2D eigenvalue weighted by Gasteiger charge is 2.22. The highest BCUT2D eigenvalue weighted by atomic mass is 19.2. The second kappa shape index (κ2) is 6.42. The van der Waals surface area contributed by atoms with Crippen LogP contribution < -0.4 is 5.32 Å². The first-order valence-electron chi connectivity index (χ1n) is 6.94. The molecule has 0 amide bonds. The third-order valence-electron chi connectivity index (χ3n) is 4.13. The summed E-state index contributed by atoms with van der Waals surface area (Å²) >= 11 is 0. The van der Waals surface area contributed by atoms with Gasteiger partial charge in [-0.05, 0) is 31.9 Å². The van der Waals surface area contributed by atoms with Gasteiger partial charge in [-0.15, -0.1) is 0 Å². The molecule has 19 heavy (non-hydrogen) atoms. The van der Waals surface area contributed by atoms with E-state index in [9.17, 15) is 13.2 Å². The maximum Gasteiger partial charge on any atom is 0.194 e. The molecule has 1 atom stereocenters. The van der Waals surface area contributed by atoms with Gasteiger partial charge in [0.05, 0.1) is 0 Å². The number of halogens is 3. The van der Waals surface area contributed by atoms with Gasteiger partial charge in [-0.1, -0.05) is 31.7 Å². The Morgan fingerprint density at radius 3 is 2.47 bits per heavy atom. The summed E-state index contributed by atoms with van der Waals surface area (Å²) in [7, 11) is 1.72. The third kappa shape index (κ3) is 3.30. The second-order valence-electron chi connectivity index (χ2n) is 5.33. The fourth-order valence-corrected chi connectivity index (χ4v) is 2.97. The molecule has 1 saturated carbocycles. The lowest BCUT2D eigenvalue weighted by Crippen LogP contribution is -2.19. The molecule has 0 bridgehead atoms. The molecule has 1 aromatic carbocycles. The minimum absolute atomic E-state index is 0.222. The van der Waals surface area contributed by atoms with Crippen LogP contribution in [0.5, 0.6) is 0 Å². The highest BCUT2D eigenvalue weighted by molar-refractivity contribution is 5.23. The van der Waals surface area contributed by atoms with Crippen LogP contribution in [0.25, 0.3) is 0 Å². The van der Waals surface area contributed by atoms with E-state index >= 15 is 0 Å². The molecular weight excluding hydrogens is 251 g/mol. The standard InChI is InChI=1S/C15H20F3N/c1-19-13(9-6-10-4-2-3-5-10)11-7-8-12(16)15(18)14(11)17/h7-8,10,13,19H,2-6,9H2,1H3. The smallest absolute Gasteiger partial charge is 0.194 e. The molecule has 1 fully saturated rings. The van der Waals surface area contributed by atoms with Crippen molar-refractivity contribution < 1.29 is 13.2 Å². The molecule has 1 N–H and O–H groups in total. The first-order valence-corrected chi connectivity index (χ1v) is 6.94. The van der Waals surface area contributed by atoms with Crippen molar-refractivity contribution in [1.29, 1.82) is 0 Å². The van der Waals surface area contributed by atoms with Crippen molar-refractivity contribution in [1.82, 2.24) is 5.32 Å². The van der Waals surface area contributed by atoms with E-state index in [1.807, 2.05) is 0 Å². The Morgan fingerprint density at radius 1 is 1.16 bits per heavy atom. The molecule has 0 saturated heterocycles. The van der Waals surface area contributed by atoms with Gasteiger partial charge in [0.1, 0.15) is 0 Å². The van der Waals surface area contributed by atoms with E-state index in [4.69, 9.17) is 0 Å². The van der Waals surface area contributed by atoms with Crippen molar-refractivity contribution in [2.45, 2.75) is 44.6 Å². The Labute approximate surface area is 112 Å². The average Bonchev–Trinajstić information content (AvgIpc) is 2.92. The lowest BCUT2D eigenvalue weighted by atomic mass is 9.94. The van der Waals surface area contributed by atoms with Crippen molar-refractivity contribution in [3.63, 3.8) is 0 Å². The van der Waals surface area contributed by atoms with Gasteiger partial charge in [-0.25, -0.2) is 13.2 Å². The predicted octanol–water partition coefficient (Wildman–Crippen LogP) is 4.33. The summed E-state index contributed by atoms with van der Waals surface area (Å²) in [5.74, 6) is -2.87. The zero-order valence-corrected chi connectivity index (χ0v) is 11.2. The van der Waals surface area contributed by atoms with Crippen LogP contribution in [-0.2, 0) is 0 Å². The van der Waals surface area contributed by atoms with Crippen LogP contribution in [-0.4, -0.2) is 7.05 Å². The maximum atomic E-state index is 13.7. The fourth-order valence-electron chi connectivity index (χ4n) is 2.97. The van der Waals surface area contributed by atoms with Crippen molar-refractivity contribution >= 4 is 0 Å². The summed E-state index contributed by atoms with van der Waals surface area (Å²) in [6.07, 6.45) is 6.77. The predicted molar refractivity (Wildman–Crippen MR) is 69.3 cm³/mol. The van der Waals surface area contributed by atoms with E-state index in [0.29, 0.717) is 5.92 Å². The molecule has 1 aliphatic carbocycles. The van der Waals surface area contributed by atoms with Gasteiger partial charge in [0.15, 0.2) is 17.5 Å². The Kier molecular flexibility index (Phi) is 4.86. The van der Waals surface area contributed by atoms with E-state index in [0.717, 1.165) is 18.9 Å². The van der Waals surface area contributed by atoms with Crippen LogP contribution in [0.2, 0.25) is 0 Å². The van der Waals surface area contributed by atoms with Crippen molar-refractivity contribution in [3.05, 3.63) is 35.1 Å². The number of hydrogen-bond acceptors (Lipinski definition) is 1. The zero-order chi connectivity index (χ0) is 13.8. The first kappa shape index (κ1) is 14.4. The molecule has 0 aliphatic heterocycles. The van der Waals surface area contributed by atoms with Gasteiger partial charge in [0.2, 0.25) is 0 Å². The molecule has 0 radical (unpaired) electrons. The quantitative estimate of drug-likeness (QED) is 0.786. The lowest BCUT2D eigenvalue weighted by Gasteiger charge is -2.19. The minimum atomic E-state index is -1.38. The number of benzene rings is 1. The molecule has 1 aliphatic rings. The molecule has 106 valence electrons. The Balaban J connectivity index is 2.06. The fraction of sp³-hybridized carbons (Fsp3) is 0.600. The van der Waals surface area contributed by atoms with Gasteiger partial charge in [-0.2, -0.15) is 0 Å². The third-order valence-corrected chi connectivity index (χ3v) is 4.13. The minimum Gasteiger partial charge on any atom is -0.313 e. The van der Waals surface area contributed by atoms with Crippen LogP contribution >= 0.6 is 0 Å². The molecule has 1 aromatic rings. The Morgan fingerprint density at radius 2 is 1.84 bits per heavy atom. The zero-order valence-electron chi connectivity index (χ0n) is 11.2. The van der Waals surface area contributed by atoms with Crippen molar-refractivity contribution in [2.75, 3.05) is 7.05 Å². The first-order chi connectivity index (χ1) is 9.13. The molecular formula is C15H20F3N. The molecule has 0 aromatic heterocycles. The molecule has 0 spiro atoms. The lowest BCUT2D eigenvalue weighted by molar-refractivity contribution is 0.399. The van der Waals surface area contributed by atoms with Gasteiger partial charge >= 0.3 is 0 Å². The monoisotopic (exact) mass is 271 g/mol. The number of hydrogen-bond donors (Lipinski definition) is 1. The summed E-state index contributed by atoms with van der Waals surface area (Å²) in [4.78, 5) is 0. The summed E-state index contributed by atoms with van der Waals surface area (Å²) in [5, 5.41) is 3.00. The Bertz CT molecular complexity index is 428. The van der Waals surface area contributed by atoms with Crippen molar-refractivity contribution in [2.24, 2.45) is 5.92 Å². The normalized spacial score (nSPS) is 17.9. The van der Waals surface area contributed by atoms with E-state index in [-0.39, 0.29) is 11.6 Å². The molecule has 4 heteroatoms. The summed E-state index contributed by atoms with van der Waals surface area (Å²) in [5.41, 5.74) is 0.222. The molecule has 2 rings (SSSR count). The van der Waals surface area contributed by atoms with E-state index < -0.39 is 17.5 Å². The highest BCUT2D eigenvalue weighted by Crippen LogP contribution is 2.32. The van der Waals surface area contributed by atoms with Gasteiger partial charge in [-0.3, -0.25) is 0 Å². The SMILES string of the molecule is CNC(CCC1CCCC1)c1ccc(F)c(F)c1F. The molecule has 0 heterocycles. The average molecular weight is 271 g/mol. The van der Waals surface area contributed by atoms with Gasteiger partial charge in [0, 0.05) is 11.6 Å². The van der Waals surface area contributed by atoms with Gasteiger partial charge in [0.25, 0.3) is 0 Å². The summed E-state index contributed by atoms with van der Waals surface area (Å²) in [6.45, 7) is 0. The van der Waals surface area contributed by atoms with Crippen LogP contribution in [0.3, 0.4) is 0 Å². The summed E-state index contributed by atoms with van der Waals surface area (Å²) < 4.78 is 39.9. The molecule has 1 unspecified atom stereocenters. The number of rotatable bonds is 5. The van der Waals surface area contributed by atoms with Crippen LogP contribution in [0.15, 0.2) is 12.1 Å². The van der Waals surface area contributed by atoms with Crippen LogP contribution in [0.1, 0.15) is 50.1 Å². The van der Waals surface area contributed by atoms with E-state index in [1.54, 1.807) is 7.05 Å². The van der Waals surface area contributed by atoms with Crippen LogP contribution in [0, 0.1) is 23.4 Å². The van der Waals surface area contributed by atoms with E-state index in [1.165, 1.54) is 31.7 Å². The topological polar surface area (TPSA) is 12.0 Å². The maximum absolute atomic E-state index is 13.7. The Hall–Kier alpha value is -1.03. The van der Waals surface area contributed by atoms with E-state index in [2.05, 4.69) is 5.32 Å². The van der Waals surface area contributed by atoms with Gasteiger partial charge < -0.3 is 5.32 Å². The van der Waals surface area contributed by atoms with Crippen LogP contribution in [0.4, 0.5) is 13.2 Å². The second-order valence-corrected chi connectivity index (χ2v) is 5.33. The van der Waals surface area contributed by atoms with Crippen molar-refractivity contribution in [3.8, 4) is 0 Å². The largest absolute Gasteiger partial charge is 0.313 e. The summed E-state index contributed by atoms with van der Waals surface area (Å²) in [6, 6.07) is 2.08. The number of nitrogens with one attached hydrogen (secondary N) is 1.